The highest BCUT2D eigenvalue weighted by Gasteiger charge is 1.93. The van der Waals surface area contributed by atoms with Crippen LogP contribution in [0.3, 0.4) is 0 Å². The Labute approximate surface area is 77.9 Å². The normalized spacial score (nSPS) is 9.42. The van der Waals surface area contributed by atoms with Crippen LogP contribution >= 0.6 is 12.4 Å². The van der Waals surface area contributed by atoms with E-state index in [1.807, 2.05) is 31.3 Å². The minimum atomic E-state index is 0. The summed E-state index contributed by atoms with van der Waals surface area (Å²) in [6.07, 6.45) is 1.84. The van der Waals surface area contributed by atoms with Gasteiger partial charge in [-0.1, -0.05) is 24.3 Å². The molecule has 0 unspecified atom stereocenters. The van der Waals surface area contributed by atoms with Crippen LogP contribution in [0.2, 0.25) is 0 Å². The minimum Gasteiger partial charge on any atom is -0.261 e. The number of aromatic nitrogens is 1. The first-order valence-corrected chi connectivity index (χ1v) is 3.68. The second-order valence-corrected chi connectivity index (χ2v) is 2.62. The van der Waals surface area contributed by atoms with E-state index in [1.54, 1.807) is 0 Å². The van der Waals surface area contributed by atoms with Crippen LogP contribution in [0.15, 0.2) is 36.5 Å². The zero-order valence-corrected chi connectivity index (χ0v) is 7.64. The van der Waals surface area contributed by atoms with Crippen LogP contribution in [-0.2, 0) is 0 Å². The van der Waals surface area contributed by atoms with E-state index in [9.17, 15) is 0 Å². The van der Waals surface area contributed by atoms with Crippen molar-refractivity contribution in [3.8, 4) is 0 Å². The zero-order chi connectivity index (χ0) is 7.68. The van der Waals surface area contributed by atoms with Crippen molar-refractivity contribution < 1.29 is 0 Å². The molecule has 2 aromatic rings. The van der Waals surface area contributed by atoms with Crippen molar-refractivity contribution in [3.63, 3.8) is 0 Å². The van der Waals surface area contributed by atoms with Crippen LogP contribution in [-0.4, -0.2) is 4.98 Å². The number of fused-ring (bicyclic) bond motifs is 1. The molecule has 1 aromatic carbocycles. The van der Waals surface area contributed by atoms with E-state index in [1.165, 1.54) is 10.8 Å². The average Bonchev–Trinajstić information content (AvgIpc) is 2.06. The quantitative estimate of drug-likeness (QED) is 0.606. The lowest BCUT2D eigenvalue weighted by molar-refractivity contribution is 1.24. The van der Waals surface area contributed by atoms with Crippen molar-refractivity contribution in [1.82, 2.24) is 4.98 Å². The molecule has 0 saturated carbocycles. The lowest BCUT2D eigenvalue weighted by atomic mass is 10.1. The minimum absolute atomic E-state index is 0. The Morgan fingerprint density at radius 2 is 1.83 bits per heavy atom. The Bertz CT molecular complexity index is 379. The summed E-state index contributed by atoms with van der Waals surface area (Å²) in [7, 11) is 0. The van der Waals surface area contributed by atoms with Gasteiger partial charge in [0.25, 0.3) is 0 Å². The maximum absolute atomic E-state index is 4.21. The van der Waals surface area contributed by atoms with Gasteiger partial charge in [0.15, 0.2) is 0 Å². The summed E-state index contributed by atoms with van der Waals surface area (Å²) in [5, 5.41) is 2.51. The van der Waals surface area contributed by atoms with Gasteiger partial charge in [-0.25, -0.2) is 0 Å². The van der Waals surface area contributed by atoms with E-state index in [2.05, 4.69) is 17.1 Å². The highest BCUT2D eigenvalue weighted by atomic mass is 35.5. The number of hydrogen-bond donors (Lipinski definition) is 0. The van der Waals surface area contributed by atoms with Gasteiger partial charge in [0.2, 0.25) is 0 Å². The van der Waals surface area contributed by atoms with Gasteiger partial charge in [-0.3, -0.25) is 4.98 Å². The molecule has 0 aliphatic carbocycles. The van der Waals surface area contributed by atoms with Gasteiger partial charge >= 0.3 is 0 Å². The number of nitrogens with zero attached hydrogens (tertiary/aromatic N) is 1. The maximum atomic E-state index is 4.21. The summed E-state index contributed by atoms with van der Waals surface area (Å²) in [4.78, 5) is 4.21. The molecule has 0 bridgehead atoms. The predicted molar refractivity (Wildman–Crippen MR) is 53.7 cm³/mol. The lowest BCUT2D eigenvalue weighted by Crippen LogP contribution is -1.80. The molecule has 2 rings (SSSR count). The van der Waals surface area contributed by atoms with Crippen molar-refractivity contribution in [2.24, 2.45) is 0 Å². The van der Waals surface area contributed by atoms with Gasteiger partial charge < -0.3 is 0 Å². The van der Waals surface area contributed by atoms with Gasteiger partial charge in [0.1, 0.15) is 0 Å². The summed E-state index contributed by atoms with van der Waals surface area (Å²) in [5.41, 5.74) is 1.10. The van der Waals surface area contributed by atoms with Crippen molar-refractivity contribution in [2.75, 3.05) is 0 Å². The van der Waals surface area contributed by atoms with Crippen LogP contribution in [0.4, 0.5) is 0 Å². The van der Waals surface area contributed by atoms with Crippen LogP contribution in [0, 0.1) is 6.92 Å². The van der Waals surface area contributed by atoms with E-state index in [-0.39, 0.29) is 12.4 Å². The molecule has 0 spiro atoms. The Balaban J connectivity index is 0.000000720. The number of benzene rings is 1. The largest absolute Gasteiger partial charge is 0.261 e. The van der Waals surface area contributed by atoms with E-state index in [4.69, 9.17) is 0 Å². The van der Waals surface area contributed by atoms with Gasteiger partial charge in [-0.05, 0) is 18.4 Å². The number of pyridine rings is 1. The summed E-state index contributed by atoms with van der Waals surface area (Å²) >= 11 is 0. The Kier molecular flexibility index (Phi) is 2.66. The van der Waals surface area contributed by atoms with Crippen LogP contribution in [0.25, 0.3) is 10.8 Å². The first-order chi connectivity index (χ1) is 5.38. The second kappa shape index (κ2) is 3.55. The fourth-order valence-corrected chi connectivity index (χ4v) is 1.27. The van der Waals surface area contributed by atoms with E-state index in [0.29, 0.717) is 0 Å². The molecule has 0 aliphatic heterocycles. The monoisotopic (exact) mass is 179 g/mol. The summed E-state index contributed by atoms with van der Waals surface area (Å²) in [6, 6.07) is 10.3. The molecule has 62 valence electrons. The highest BCUT2D eigenvalue weighted by molar-refractivity contribution is 5.85. The lowest BCUT2D eigenvalue weighted by Gasteiger charge is -1.97. The van der Waals surface area contributed by atoms with Crippen LogP contribution < -0.4 is 0 Å². The number of rotatable bonds is 0. The Morgan fingerprint density at radius 1 is 1.08 bits per heavy atom. The molecule has 12 heavy (non-hydrogen) atoms. The smallest absolute Gasteiger partial charge is 0.0450 e. The molecule has 0 radical (unpaired) electrons. The molecular formula is C10H10ClN. The summed E-state index contributed by atoms with van der Waals surface area (Å²) < 4.78 is 0. The topological polar surface area (TPSA) is 12.9 Å². The van der Waals surface area contributed by atoms with E-state index < -0.39 is 0 Å². The van der Waals surface area contributed by atoms with E-state index in [0.717, 1.165) is 5.69 Å². The molecule has 2 heteroatoms. The standard InChI is InChI=1S/C10H9N.ClH/c1-8-10-5-3-2-4-9(10)6-7-11-8;/h2-7H,1H3;1H. The molecule has 0 atom stereocenters. The Morgan fingerprint density at radius 3 is 2.58 bits per heavy atom. The summed E-state index contributed by atoms with van der Waals surface area (Å²) in [6.45, 7) is 2.03. The zero-order valence-electron chi connectivity index (χ0n) is 6.82. The third-order valence-corrected chi connectivity index (χ3v) is 1.87. The molecular weight excluding hydrogens is 170 g/mol. The van der Waals surface area contributed by atoms with Crippen molar-refractivity contribution in [3.05, 3.63) is 42.2 Å². The molecule has 1 aromatic heterocycles. The third-order valence-electron chi connectivity index (χ3n) is 1.87. The van der Waals surface area contributed by atoms with Crippen LogP contribution in [0.5, 0.6) is 0 Å². The molecule has 0 fully saturated rings. The maximum Gasteiger partial charge on any atom is 0.0450 e. The molecule has 1 heterocycles. The first kappa shape index (κ1) is 9.01. The highest BCUT2D eigenvalue weighted by Crippen LogP contribution is 2.14. The molecule has 0 saturated heterocycles. The number of hydrogen-bond acceptors (Lipinski definition) is 1. The Hall–Kier alpha value is -1.08. The van der Waals surface area contributed by atoms with Gasteiger partial charge in [0, 0.05) is 17.3 Å². The van der Waals surface area contributed by atoms with Crippen LogP contribution in [0.1, 0.15) is 5.69 Å². The fraction of sp³-hybridized carbons (Fsp3) is 0.100. The summed E-state index contributed by atoms with van der Waals surface area (Å²) in [5.74, 6) is 0. The second-order valence-electron chi connectivity index (χ2n) is 2.62. The fourth-order valence-electron chi connectivity index (χ4n) is 1.27. The molecule has 0 N–H and O–H groups in total. The third kappa shape index (κ3) is 1.41. The number of halogens is 1. The molecule has 0 amide bonds. The van der Waals surface area contributed by atoms with Crippen molar-refractivity contribution in [1.29, 1.82) is 0 Å². The van der Waals surface area contributed by atoms with E-state index >= 15 is 0 Å². The number of aryl methyl sites for hydroxylation is 1. The van der Waals surface area contributed by atoms with Crippen molar-refractivity contribution in [2.45, 2.75) is 6.92 Å². The van der Waals surface area contributed by atoms with Gasteiger partial charge in [-0.2, -0.15) is 0 Å². The predicted octanol–water partition coefficient (Wildman–Crippen LogP) is 2.97. The van der Waals surface area contributed by atoms with Gasteiger partial charge in [-0.15, -0.1) is 12.4 Å². The SMILES string of the molecule is Cc1nccc2ccccc12.Cl. The first-order valence-electron chi connectivity index (χ1n) is 3.68. The van der Waals surface area contributed by atoms with Gasteiger partial charge in [0.05, 0.1) is 0 Å². The molecule has 0 aliphatic rings. The average molecular weight is 180 g/mol. The molecule has 1 nitrogen and oxygen atoms in total. The van der Waals surface area contributed by atoms with Crippen molar-refractivity contribution >= 4 is 23.2 Å².